The summed E-state index contributed by atoms with van der Waals surface area (Å²) in [6.45, 7) is 1.62. The summed E-state index contributed by atoms with van der Waals surface area (Å²) >= 11 is 0. The van der Waals surface area contributed by atoms with Gasteiger partial charge in [0.1, 0.15) is 11.8 Å². The molecule has 0 amide bonds. The Labute approximate surface area is 65.9 Å². The van der Waals surface area contributed by atoms with Gasteiger partial charge >= 0.3 is 0 Å². The highest BCUT2D eigenvalue weighted by atomic mass is 16.3. The van der Waals surface area contributed by atoms with E-state index in [1.165, 1.54) is 0 Å². The molecule has 0 aromatic carbocycles. The fourth-order valence-electron chi connectivity index (χ4n) is 0.615. The van der Waals surface area contributed by atoms with E-state index in [-0.39, 0.29) is 0 Å². The molecular weight excluding hydrogens is 138 g/mol. The first-order valence-corrected chi connectivity index (χ1v) is 3.39. The van der Waals surface area contributed by atoms with Gasteiger partial charge in [0, 0.05) is 6.20 Å². The Bertz CT molecular complexity index is 269. The Morgan fingerprint density at radius 1 is 1.55 bits per heavy atom. The standard InChI is InChI=1S/C9H9NO/c1-8(11)5-6-9-4-2-3-7-10-9/h2-4,7-8,11H,1H3. The lowest BCUT2D eigenvalue weighted by atomic mass is 10.3. The van der Waals surface area contributed by atoms with Crippen molar-refractivity contribution in [3.05, 3.63) is 30.1 Å². The monoisotopic (exact) mass is 147 g/mol. The summed E-state index contributed by atoms with van der Waals surface area (Å²) in [4.78, 5) is 3.97. The molecule has 1 heterocycles. The van der Waals surface area contributed by atoms with Crippen LogP contribution in [0.25, 0.3) is 0 Å². The largest absolute Gasteiger partial charge is 0.381 e. The van der Waals surface area contributed by atoms with Crippen molar-refractivity contribution in [2.24, 2.45) is 0 Å². The Balaban J connectivity index is 2.75. The second-order valence-electron chi connectivity index (χ2n) is 2.16. The summed E-state index contributed by atoms with van der Waals surface area (Å²) in [6.07, 6.45) is 1.09. The molecular formula is C9H9NO. The van der Waals surface area contributed by atoms with Crippen molar-refractivity contribution in [2.45, 2.75) is 13.0 Å². The fourth-order valence-corrected chi connectivity index (χ4v) is 0.615. The zero-order valence-electron chi connectivity index (χ0n) is 6.28. The minimum absolute atomic E-state index is 0.586. The van der Waals surface area contributed by atoms with E-state index in [2.05, 4.69) is 16.8 Å². The van der Waals surface area contributed by atoms with Gasteiger partial charge in [-0.25, -0.2) is 4.98 Å². The fraction of sp³-hybridized carbons (Fsp3) is 0.222. The van der Waals surface area contributed by atoms with Crippen molar-refractivity contribution in [1.29, 1.82) is 0 Å². The summed E-state index contributed by atoms with van der Waals surface area (Å²) in [7, 11) is 0. The highest BCUT2D eigenvalue weighted by Gasteiger charge is 1.85. The number of nitrogens with zero attached hydrogens (tertiary/aromatic N) is 1. The van der Waals surface area contributed by atoms with E-state index in [4.69, 9.17) is 5.11 Å². The maximum atomic E-state index is 8.81. The van der Waals surface area contributed by atoms with Crippen molar-refractivity contribution in [1.82, 2.24) is 4.98 Å². The maximum Gasteiger partial charge on any atom is 0.113 e. The van der Waals surface area contributed by atoms with Crippen molar-refractivity contribution >= 4 is 0 Å². The number of aliphatic hydroxyl groups excluding tert-OH is 1. The molecule has 11 heavy (non-hydrogen) atoms. The van der Waals surface area contributed by atoms with Crippen LogP contribution in [-0.2, 0) is 0 Å². The molecule has 1 atom stereocenters. The molecule has 1 rings (SSSR count). The van der Waals surface area contributed by atoms with Crippen LogP contribution in [-0.4, -0.2) is 16.2 Å². The van der Waals surface area contributed by atoms with Crippen LogP contribution in [0.5, 0.6) is 0 Å². The molecule has 0 bridgehead atoms. The normalized spacial score (nSPS) is 11.5. The molecule has 0 aliphatic rings. The minimum atomic E-state index is -0.586. The van der Waals surface area contributed by atoms with Crippen LogP contribution < -0.4 is 0 Å². The maximum absolute atomic E-state index is 8.81. The molecule has 1 aromatic rings. The van der Waals surface area contributed by atoms with Gasteiger partial charge in [-0.2, -0.15) is 0 Å². The predicted octanol–water partition coefficient (Wildman–Crippen LogP) is 0.814. The van der Waals surface area contributed by atoms with Crippen LogP contribution in [0.4, 0.5) is 0 Å². The molecule has 1 unspecified atom stereocenters. The van der Waals surface area contributed by atoms with Gasteiger partial charge in [-0.15, -0.1) is 0 Å². The van der Waals surface area contributed by atoms with E-state index < -0.39 is 6.10 Å². The average Bonchev–Trinajstić information content (AvgIpc) is 2.03. The quantitative estimate of drug-likeness (QED) is 0.551. The molecule has 0 saturated carbocycles. The lowest BCUT2D eigenvalue weighted by Crippen LogP contribution is -1.93. The molecule has 0 aliphatic heterocycles. The molecule has 2 heteroatoms. The topological polar surface area (TPSA) is 33.1 Å². The SMILES string of the molecule is CC(O)C#Cc1ccccn1. The van der Waals surface area contributed by atoms with Crippen molar-refractivity contribution in [3.63, 3.8) is 0 Å². The Morgan fingerprint density at radius 2 is 2.36 bits per heavy atom. The summed E-state index contributed by atoms with van der Waals surface area (Å²) in [5.74, 6) is 5.34. The summed E-state index contributed by atoms with van der Waals surface area (Å²) in [5, 5.41) is 8.81. The zero-order valence-corrected chi connectivity index (χ0v) is 6.28. The summed E-state index contributed by atoms with van der Waals surface area (Å²) in [6, 6.07) is 5.49. The number of hydrogen-bond donors (Lipinski definition) is 1. The molecule has 2 nitrogen and oxygen atoms in total. The van der Waals surface area contributed by atoms with Gasteiger partial charge in [-0.1, -0.05) is 12.0 Å². The van der Waals surface area contributed by atoms with Gasteiger partial charge in [-0.3, -0.25) is 0 Å². The number of aliphatic hydroxyl groups is 1. The highest BCUT2D eigenvalue weighted by molar-refractivity contribution is 5.27. The van der Waals surface area contributed by atoms with Gasteiger partial charge in [0.05, 0.1) is 0 Å². The van der Waals surface area contributed by atoms with Crippen molar-refractivity contribution in [3.8, 4) is 11.8 Å². The second-order valence-corrected chi connectivity index (χ2v) is 2.16. The van der Waals surface area contributed by atoms with Crippen LogP contribution in [0, 0.1) is 11.8 Å². The first kappa shape index (κ1) is 7.77. The van der Waals surface area contributed by atoms with Crippen LogP contribution in [0.3, 0.4) is 0 Å². The Morgan fingerprint density at radius 3 is 2.91 bits per heavy atom. The third-order valence-electron chi connectivity index (χ3n) is 1.07. The first-order valence-electron chi connectivity index (χ1n) is 3.39. The highest BCUT2D eigenvalue weighted by Crippen LogP contribution is 1.89. The van der Waals surface area contributed by atoms with Gasteiger partial charge in [-0.05, 0) is 25.0 Å². The summed E-state index contributed by atoms with van der Waals surface area (Å²) < 4.78 is 0. The van der Waals surface area contributed by atoms with Crippen molar-refractivity contribution < 1.29 is 5.11 Å². The van der Waals surface area contributed by atoms with Crippen LogP contribution in [0.2, 0.25) is 0 Å². The zero-order chi connectivity index (χ0) is 8.10. The number of hydrogen-bond acceptors (Lipinski definition) is 2. The lowest BCUT2D eigenvalue weighted by Gasteiger charge is -1.88. The third kappa shape index (κ3) is 2.83. The van der Waals surface area contributed by atoms with E-state index in [0.717, 1.165) is 0 Å². The molecule has 0 aliphatic carbocycles. The molecule has 56 valence electrons. The molecule has 0 radical (unpaired) electrons. The van der Waals surface area contributed by atoms with E-state index in [1.807, 2.05) is 12.1 Å². The smallest absolute Gasteiger partial charge is 0.113 e. The van der Waals surface area contributed by atoms with E-state index in [9.17, 15) is 0 Å². The van der Waals surface area contributed by atoms with Gasteiger partial charge < -0.3 is 5.11 Å². The van der Waals surface area contributed by atoms with E-state index >= 15 is 0 Å². The number of pyridine rings is 1. The van der Waals surface area contributed by atoms with E-state index in [1.54, 1.807) is 19.2 Å². The third-order valence-corrected chi connectivity index (χ3v) is 1.07. The second kappa shape index (κ2) is 3.75. The lowest BCUT2D eigenvalue weighted by molar-refractivity contribution is 0.253. The molecule has 0 fully saturated rings. The molecule has 1 aromatic heterocycles. The first-order chi connectivity index (χ1) is 5.29. The van der Waals surface area contributed by atoms with Gasteiger partial charge in [0.15, 0.2) is 0 Å². The molecule has 1 N–H and O–H groups in total. The molecule has 0 spiro atoms. The predicted molar refractivity (Wildman–Crippen MR) is 42.8 cm³/mol. The van der Waals surface area contributed by atoms with Gasteiger partial charge in [0.2, 0.25) is 0 Å². The number of rotatable bonds is 0. The van der Waals surface area contributed by atoms with Crippen LogP contribution >= 0.6 is 0 Å². The van der Waals surface area contributed by atoms with Crippen molar-refractivity contribution in [2.75, 3.05) is 0 Å². The van der Waals surface area contributed by atoms with E-state index in [0.29, 0.717) is 5.69 Å². The Kier molecular flexibility index (Phi) is 2.65. The van der Waals surface area contributed by atoms with Crippen LogP contribution in [0.15, 0.2) is 24.4 Å². The minimum Gasteiger partial charge on any atom is -0.381 e. The number of aromatic nitrogens is 1. The Hall–Kier alpha value is -1.33. The molecule has 0 saturated heterocycles. The van der Waals surface area contributed by atoms with Gasteiger partial charge in [0.25, 0.3) is 0 Å². The average molecular weight is 147 g/mol. The summed E-state index contributed by atoms with van der Waals surface area (Å²) in [5.41, 5.74) is 0.688. The van der Waals surface area contributed by atoms with Crippen LogP contribution in [0.1, 0.15) is 12.6 Å².